The van der Waals surface area contributed by atoms with Crippen LogP contribution in [0.3, 0.4) is 0 Å². The maximum Gasteiger partial charge on any atom is 0.255 e. The largest absolute Gasteiger partial charge is 0.497 e. The number of hydrogen-bond donors (Lipinski definition) is 2. The lowest BCUT2D eigenvalue weighted by Crippen LogP contribution is -2.42. The number of aromatic amines is 1. The molecule has 158 valence electrons. The van der Waals surface area contributed by atoms with Gasteiger partial charge in [0.1, 0.15) is 5.75 Å². The first-order valence-electron chi connectivity index (χ1n) is 10.4. The highest BCUT2D eigenvalue weighted by Gasteiger charge is 2.54. The fourth-order valence-electron chi connectivity index (χ4n) is 5.13. The average molecular weight is 416 g/mol. The molecular formula is C24H24N4O3. The third-order valence-electron chi connectivity index (χ3n) is 6.71. The summed E-state index contributed by atoms with van der Waals surface area (Å²) >= 11 is 0. The van der Waals surface area contributed by atoms with Crippen LogP contribution in [0.5, 0.6) is 5.75 Å². The van der Waals surface area contributed by atoms with Crippen molar-refractivity contribution in [2.75, 3.05) is 7.11 Å². The van der Waals surface area contributed by atoms with E-state index in [1.165, 1.54) is 0 Å². The second-order valence-electron chi connectivity index (χ2n) is 8.36. The van der Waals surface area contributed by atoms with Gasteiger partial charge in [0.2, 0.25) is 5.91 Å². The zero-order chi connectivity index (χ0) is 21.6. The molecule has 0 radical (unpaired) electrons. The summed E-state index contributed by atoms with van der Waals surface area (Å²) in [5.41, 5.74) is 9.65. The fraction of sp³-hybridized carbons (Fsp3) is 0.292. The molecule has 2 aromatic carbocycles. The van der Waals surface area contributed by atoms with Gasteiger partial charge in [0, 0.05) is 29.8 Å². The van der Waals surface area contributed by atoms with Crippen LogP contribution in [-0.4, -0.2) is 34.0 Å². The van der Waals surface area contributed by atoms with E-state index in [0.717, 1.165) is 28.0 Å². The molecule has 1 aromatic heterocycles. The van der Waals surface area contributed by atoms with Gasteiger partial charge in [-0.25, -0.2) is 0 Å². The Bertz CT molecular complexity index is 1160. The highest BCUT2D eigenvalue weighted by Crippen LogP contribution is 2.53. The van der Waals surface area contributed by atoms with Gasteiger partial charge in [-0.05, 0) is 54.2 Å². The molecule has 1 spiro atoms. The first-order valence-corrected chi connectivity index (χ1v) is 10.4. The van der Waals surface area contributed by atoms with Crippen molar-refractivity contribution in [3.05, 3.63) is 71.5 Å². The molecule has 2 unspecified atom stereocenters. The first kappa shape index (κ1) is 19.4. The molecule has 2 aliphatic rings. The summed E-state index contributed by atoms with van der Waals surface area (Å²) in [6.45, 7) is 0.442. The second kappa shape index (κ2) is 7.27. The summed E-state index contributed by atoms with van der Waals surface area (Å²) in [6.07, 6.45) is 5.50. The molecule has 3 aromatic rings. The fourth-order valence-corrected chi connectivity index (χ4v) is 5.13. The standard InChI is InChI=1S/C24H24N4O3/c1-31-19-4-2-3-15(9-19)14-28-23(30)20-10-16(18-12-26-27-13-18)5-6-21(20)24(28)8-7-17(11-24)22(25)29/h2-6,9-10,12-13,17H,7-8,11,14H2,1H3,(H2,25,29)(H,26,27). The number of nitrogens with zero attached hydrogens (tertiary/aromatic N) is 2. The van der Waals surface area contributed by atoms with Gasteiger partial charge in [-0.1, -0.05) is 24.3 Å². The normalized spacial score (nSPS) is 22.2. The van der Waals surface area contributed by atoms with Crippen molar-refractivity contribution in [1.82, 2.24) is 15.1 Å². The molecule has 1 fully saturated rings. The predicted octanol–water partition coefficient (Wildman–Crippen LogP) is 3.22. The summed E-state index contributed by atoms with van der Waals surface area (Å²) < 4.78 is 5.36. The smallest absolute Gasteiger partial charge is 0.255 e. The zero-order valence-electron chi connectivity index (χ0n) is 17.3. The van der Waals surface area contributed by atoms with Crippen molar-refractivity contribution in [3.8, 4) is 16.9 Å². The Kier molecular flexibility index (Phi) is 4.54. The third kappa shape index (κ3) is 3.08. The van der Waals surface area contributed by atoms with Gasteiger partial charge in [0.05, 0.1) is 18.8 Å². The molecule has 1 saturated carbocycles. The molecule has 1 aliphatic heterocycles. The molecule has 2 amide bonds. The number of carbonyl (C=O) groups excluding carboxylic acids is 2. The Morgan fingerprint density at radius 1 is 1.29 bits per heavy atom. The maximum atomic E-state index is 13.7. The van der Waals surface area contributed by atoms with Crippen LogP contribution in [-0.2, 0) is 16.9 Å². The lowest BCUT2D eigenvalue weighted by atomic mass is 9.85. The van der Waals surface area contributed by atoms with E-state index in [-0.39, 0.29) is 17.7 Å². The topological polar surface area (TPSA) is 101 Å². The van der Waals surface area contributed by atoms with Gasteiger partial charge in [0.25, 0.3) is 5.91 Å². The van der Waals surface area contributed by atoms with E-state index < -0.39 is 5.54 Å². The van der Waals surface area contributed by atoms with E-state index in [1.54, 1.807) is 13.3 Å². The zero-order valence-corrected chi connectivity index (χ0v) is 17.3. The number of rotatable bonds is 5. The Morgan fingerprint density at radius 3 is 2.87 bits per heavy atom. The number of fused-ring (bicyclic) bond motifs is 2. The molecule has 1 aliphatic carbocycles. The molecule has 3 N–H and O–H groups in total. The van der Waals surface area contributed by atoms with Crippen LogP contribution in [0.25, 0.3) is 11.1 Å². The third-order valence-corrected chi connectivity index (χ3v) is 6.71. The van der Waals surface area contributed by atoms with Crippen LogP contribution in [0.1, 0.15) is 40.7 Å². The maximum absolute atomic E-state index is 13.7. The summed E-state index contributed by atoms with van der Waals surface area (Å²) in [6, 6.07) is 13.7. The monoisotopic (exact) mass is 416 g/mol. The van der Waals surface area contributed by atoms with Crippen LogP contribution in [0.2, 0.25) is 0 Å². The molecule has 7 heteroatoms. The Balaban J connectivity index is 1.58. The van der Waals surface area contributed by atoms with E-state index in [9.17, 15) is 9.59 Å². The molecule has 5 rings (SSSR count). The highest BCUT2D eigenvalue weighted by molar-refractivity contribution is 6.01. The van der Waals surface area contributed by atoms with Gasteiger partial charge >= 0.3 is 0 Å². The van der Waals surface area contributed by atoms with Crippen molar-refractivity contribution in [2.24, 2.45) is 11.7 Å². The lowest BCUT2D eigenvalue weighted by molar-refractivity contribution is -0.121. The van der Waals surface area contributed by atoms with E-state index in [2.05, 4.69) is 10.2 Å². The van der Waals surface area contributed by atoms with Crippen LogP contribution in [0.15, 0.2) is 54.9 Å². The number of methoxy groups -OCH3 is 1. The van der Waals surface area contributed by atoms with Crippen molar-refractivity contribution in [2.45, 2.75) is 31.3 Å². The molecule has 0 bridgehead atoms. The van der Waals surface area contributed by atoms with Crippen molar-refractivity contribution >= 4 is 11.8 Å². The number of ether oxygens (including phenoxy) is 1. The van der Waals surface area contributed by atoms with Gasteiger partial charge < -0.3 is 15.4 Å². The predicted molar refractivity (Wildman–Crippen MR) is 115 cm³/mol. The minimum atomic E-state index is -0.524. The average Bonchev–Trinajstić information content (AvgIpc) is 3.51. The molecule has 0 saturated heterocycles. The first-order chi connectivity index (χ1) is 15.0. The summed E-state index contributed by atoms with van der Waals surface area (Å²) in [5, 5.41) is 6.83. The molecular weight excluding hydrogens is 392 g/mol. The number of primary amides is 1. The number of carbonyl (C=O) groups is 2. The SMILES string of the molecule is COc1cccc(CN2C(=O)c3cc(-c4cn[nH]c4)ccc3C23CCC(C(N)=O)C3)c1. The lowest BCUT2D eigenvalue weighted by Gasteiger charge is -2.36. The van der Waals surface area contributed by atoms with Crippen molar-refractivity contribution in [1.29, 1.82) is 0 Å². The molecule has 7 nitrogen and oxygen atoms in total. The minimum Gasteiger partial charge on any atom is -0.497 e. The number of hydrogen-bond acceptors (Lipinski definition) is 4. The van der Waals surface area contributed by atoms with E-state index in [4.69, 9.17) is 10.5 Å². The number of aromatic nitrogens is 2. The quantitative estimate of drug-likeness (QED) is 0.667. The van der Waals surface area contributed by atoms with Crippen molar-refractivity contribution in [3.63, 3.8) is 0 Å². The summed E-state index contributed by atoms with van der Waals surface area (Å²) in [4.78, 5) is 27.6. The number of benzene rings is 2. The highest BCUT2D eigenvalue weighted by atomic mass is 16.5. The van der Waals surface area contributed by atoms with Gasteiger partial charge in [-0.2, -0.15) is 5.10 Å². The number of nitrogens with two attached hydrogens (primary N) is 1. The van der Waals surface area contributed by atoms with E-state index >= 15 is 0 Å². The van der Waals surface area contributed by atoms with Gasteiger partial charge in [-0.15, -0.1) is 0 Å². The number of nitrogens with one attached hydrogen (secondary N) is 1. The van der Waals surface area contributed by atoms with E-state index in [0.29, 0.717) is 31.4 Å². The van der Waals surface area contributed by atoms with Crippen molar-refractivity contribution < 1.29 is 14.3 Å². The Hall–Kier alpha value is -3.61. The second-order valence-corrected chi connectivity index (χ2v) is 8.36. The minimum absolute atomic E-state index is 0.0201. The molecule has 31 heavy (non-hydrogen) atoms. The van der Waals surface area contributed by atoms with Gasteiger partial charge in [0.15, 0.2) is 0 Å². The number of amides is 2. The Labute approximate surface area is 180 Å². The Morgan fingerprint density at radius 2 is 2.16 bits per heavy atom. The summed E-state index contributed by atoms with van der Waals surface area (Å²) in [7, 11) is 1.63. The van der Waals surface area contributed by atoms with Crippen LogP contribution in [0, 0.1) is 5.92 Å². The van der Waals surface area contributed by atoms with Crippen LogP contribution in [0.4, 0.5) is 0 Å². The van der Waals surface area contributed by atoms with E-state index in [1.807, 2.05) is 53.6 Å². The molecule has 2 atom stereocenters. The van der Waals surface area contributed by atoms with Crippen LogP contribution < -0.4 is 10.5 Å². The van der Waals surface area contributed by atoms with Crippen LogP contribution >= 0.6 is 0 Å². The molecule has 2 heterocycles. The summed E-state index contributed by atoms with van der Waals surface area (Å²) in [5.74, 6) is 0.196. The number of H-pyrrole nitrogens is 1. The van der Waals surface area contributed by atoms with Gasteiger partial charge in [-0.3, -0.25) is 14.7 Å².